The number of ether oxygens (including phenoxy) is 1. The SMILES string of the molecule is CCCC1(CNc2ccc(S(=O)(=O)N3CCOCC3)cn2)CC1. The van der Waals surface area contributed by atoms with Crippen molar-refractivity contribution in [3.8, 4) is 0 Å². The maximum Gasteiger partial charge on any atom is 0.244 e. The van der Waals surface area contributed by atoms with Crippen molar-refractivity contribution in [1.82, 2.24) is 9.29 Å². The Bertz CT molecular complexity index is 620. The third-order valence-corrected chi connectivity index (χ3v) is 6.61. The topological polar surface area (TPSA) is 71.5 Å². The highest BCUT2D eigenvalue weighted by atomic mass is 32.2. The lowest BCUT2D eigenvalue weighted by Gasteiger charge is -2.25. The van der Waals surface area contributed by atoms with E-state index in [9.17, 15) is 8.42 Å². The molecule has 1 aliphatic heterocycles. The molecule has 1 aromatic heterocycles. The van der Waals surface area contributed by atoms with Gasteiger partial charge in [0.25, 0.3) is 0 Å². The Morgan fingerprint density at radius 3 is 2.61 bits per heavy atom. The maximum absolute atomic E-state index is 12.5. The number of aromatic nitrogens is 1. The van der Waals surface area contributed by atoms with Gasteiger partial charge in [-0.05, 0) is 36.8 Å². The quantitative estimate of drug-likeness (QED) is 0.824. The van der Waals surface area contributed by atoms with Gasteiger partial charge in [-0.15, -0.1) is 0 Å². The first kappa shape index (κ1) is 16.7. The van der Waals surface area contributed by atoms with Crippen LogP contribution in [0.2, 0.25) is 0 Å². The van der Waals surface area contributed by atoms with Gasteiger partial charge in [0.2, 0.25) is 10.0 Å². The molecule has 0 bridgehead atoms. The van der Waals surface area contributed by atoms with Crippen molar-refractivity contribution < 1.29 is 13.2 Å². The molecule has 0 spiro atoms. The van der Waals surface area contributed by atoms with Crippen molar-refractivity contribution in [3.05, 3.63) is 18.3 Å². The van der Waals surface area contributed by atoms with Gasteiger partial charge in [-0.3, -0.25) is 0 Å². The maximum atomic E-state index is 12.5. The second-order valence-electron chi connectivity index (χ2n) is 6.50. The van der Waals surface area contributed by atoms with Gasteiger partial charge in [0.15, 0.2) is 0 Å². The molecule has 0 radical (unpaired) electrons. The monoisotopic (exact) mass is 339 g/mol. The molecule has 0 amide bonds. The smallest absolute Gasteiger partial charge is 0.244 e. The van der Waals surface area contributed by atoms with Crippen molar-refractivity contribution in [2.45, 2.75) is 37.5 Å². The highest BCUT2D eigenvalue weighted by Gasteiger charge is 2.41. The number of nitrogens with one attached hydrogen (secondary N) is 1. The van der Waals surface area contributed by atoms with Crippen LogP contribution in [0, 0.1) is 5.41 Å². The molecule has 23 heavy (non-hydrogen) atoms. The first-order valence-corrected chi connectivity index (χ1v) is 9.78. The molecular weight excluding hydrogens is 314 g/mol. The van der Waals surface area contributed by atoms with Gasteiger partial charge in [-0.1, -0.05) is 13.3 Å². The zero-order valence-corrected chi connectivity index (χ0v) is 14.4. The van der Waals surface area contributed by atoms with Crippen molar-refractivity contribution in [3.63, 3.8) is 0 Å². The minimum absolute atomic E-state index is 0.250. The van der Waals surface area contributed by atoms with Gasteiger partial charge < -0.3 is 10.1 Å². The van der Waals surface area contributed by atoms with E-state index in [1.807, 2.05) is 0 Å². The summed E-state index contributed by atoms with van der Waals surface area (Å²) in [4.78, 5) is 4.53. The minimum atomic E-state index is -3.46. The molecule has 0 unspecified atom stereocenters. The molecule has 0 aromatic carbocycles. The Balaban J connectivity index is 1.62. The summed E-state index contributed by atoms with van der Waals surface area (Å²) < 4.78 is 31.7. The van der Waals surface area contributed by atoms with E-state index in [0.717, 1.165) is 12.4 Å². The van der Waals surface area contributed by atoms with Gasteiger partial charge in [0, 0.05) is 25.8 Å². The predicted molar refractivity (Wildman–Crippen MR) is 88.9 cm³/mol. The van der Waals surface area contributed by atoms with Crippen LogP contribution in [0.15, 0.2) is 23.2 Å². The molecular formula is C16H25N3O3S. The largest absolute Gasteiger partial charge is 0.379 e. The van der Waals surface area contributed by atoms with E-state index in [1.165, 1.54) is 36.2 Å². The lowest BCUT2D eigenvalue weighted by atomic mass is 10.0. The first-order valence-electron chi connectivity index (χ1n) is 8.34. The normalized spacial score (nSPS) is 21.1. The van der Waals surface area contributed by atoms with Crippen molar-refractivity contribution in [2.75, 3.05) is 38.2 Å². The van der Waals surface area contributed by atoms with Gasteiger partial charge in [-0.2, -0.15) is 4.31 Å². The average molecular weight is 339 g/mol. The number of rotatable bonds is 7. The van der Waals surface area contributed by atoms with E-state index in [-0.39, 0.29) is 4.90 Å². The third-order valence-electron chi connectivity index (χ3n) is 4.73. The first-order chi connectivity index (χ1) is 11.1. The Morgan fingerprint density at radius 1 is 1.30 bits per heavy atom. The molecule has 2 fully saturated rings. The van der Waals surface area contributed by atoms with Crippen LogP contribution in [0.4, 0.5) is 5.82 Å². The molecule has 2 aliphatic rings. The summed E-state index contributed by atoms with van der Waals surface area (Å²) in [6.07, 6.45) is 6.44. The second kappa shape index (κ2) is 6.75. The number of nitrogens with zero attached hydrogens (tertiary/aromatic N) is 2. The highest BCUT2D eigenvalue weighted by molar-refractivity contribution is 7.89. The van der Waals surface area contributed by atoms with Gasteiger partial charge in [0.05, 0.1) is 13.2 Å². The summed E-state index contributed by atoms with van der Waals surface area (Å²) in [5, 5.41) is 3.35. The summed E-state index contributed by atoms with van der Waals surface area (Å²) in [6.45, 7) is 4.84. The van der Waals surface area contributed by atoms with Gasteiger partial charge >= 0.3 is 0 Å². The van der Waals surface area contributed by atoms with E-state index >= 15 is 0 Å². The van der Waals surface area contributed by atoms with Crippen molar-refractivity contribution >= 4 is 15.8 Å². The summed E-state index contributed by atoms with van der Waals surface area (Å²) >= 11 is 0. The zero-order chi connectivity index (χ0) is 16.3. The van der Waals surface area contributed by atoms with Gasteiger partial charge in [0.1, 0.15) is 10.7 Å². The molecule has 1 aliphatic carbocycles. The van der Waals surface area contributed by atoms with Crippen LogP contribution < -0.4 is 5.32 Å². The molecule has 2 heterocycles. The Hall–Kier alpha value is -1.18. The number of morpholine rings is 1. The summed E-state index contributed by atoms with van der Waals surface area (Å²) in [6, 6.07) is 3.40. The third kappa shape index (κ3) is 3.84. The number of pyridine rings is 1. The fraction of sp³-hybridized carbons (Fsp3) is 0.688. The molecule has 1 saturated heterocycles. The molecule has 128 valence electrons. The van der Waals surface area contributed by atoms with E-state index in [0.29, 0.717) is 31.7 Å². The molecule has 6 nitrogen and oxygen atoms in total. The van der Waals surface area contributed by atoms with Crippen molar-refractivity contribution in [2.24, 2.45) is 5.41 Å². The molecule has 1 saturated carbocycles. The number of anilines is 1. The molecule has 7 heteroatoms. The standard InChI is InChI=1S/C16H25N3O3S/c1-2-5-16(6-7-16)13-18-15-4-3-14(12-17-15)23(20,21)19-8-10-22-11-9-19/h3-4,12H,2,5-11,13H2,1H3,(H,17,18). The van der Waals surface area contributed by atoms with E-state index in [2.05, 4.69) is 17.2 Å². The molecule has 1 N–H and O–H groups in total. The van der Waals surface area contributed by atoms with Crippen LogP contribution in [-0.4, -0.2) is 50.6 Å². The van der Waals surface area contributed by atoms with E-state index in [4.69, 9.17) is 4.74 Å². The number of hydrogen-bond acceptors (Lipinski definition) is 5. The lowest BCUT2D eigenvalue weighted by Crippen LogP contribution is -2.40. The second-order valence-corrected chi connectivity index (χ2v) is 8.44. The Labute approximate surface area is 138 Å². The van der Waals surface area contributed by atoms with Crippen LogP contribution in [0.5, 0.6) is 0 Å². The summed E-state index contributed by atoms with van der Waals surface area (Å²) in [5.74, 6) is 0.744. The Morgan fingerprint density at radius 2 is 2.04 bits per heavy atom. The highest BCUT2D eigenvalue weighted by Crippen LogP contribution is 2.49. The number of sulfonamides is 1. The van der Waals surface area contributed by atoms with Crippen LogP contribution >= 0.6 is 0 Å². The average Bonchev–Trinajstić information content (AvgIpc) is 3.35. The van der Waals surface area contributed by atoms with Crippen LogP contribution in [0.25, 0.3) is 0 Å². The predicted octanol–water partition coefficient (Wildman–Crippen LogP) is 2.09. The zero-order valence-electron chi connectivity index (χ0n) is 13.6. The molecule has 3 rings (SSSR count). The van der Waals surface area contributed by atoms with Crippen LogP contribution in [-0.2, 0) is 14.8 Å². The fourth-order valence-electron chi connectivity index (χ4n) is 3.07. The summed E-state index contributed by atoms with van der Waals surface area (Å²) in [7, 11) is -3.46. The summed E-state index contributed by atoms with van der Waals surface area (Å²) in [5.41, 5.74) is 0.439. The van der Waals surface area contributed by atoms with Crippen LogP contribution in [0.1, 0.15) is 32.6 Å². The minimum Gasteiger partial charge on any atom is -0.379 e. The Kier molecular flexibility index (Phi) is 4.89. The number of hydrogen-bond donors (Lipinski definition) is 1. The van der Waals surface area contributed by atoms with Crippen LogP contribution in [0.3, 0.4) is 0 Å². The fourth-order valence-corrected chi connectivity index (χ4v) is 4.43. The lowest BCUT2D eigenvalue weighted by molar-refractivity contribution is 0.0730. The molecule has 1 aromatic rings. The van der Waals surface area contributed by atoms with Crippen molar-refractivity contribution in [1.29, 1.82) is 0 Å². The van der Waals surface area contributed by atoms with E-state index in [1.54, 1.807) is 12.1 Å². The van der Waals surface area contributed by atoms with Gasteiger partial charge in [-0.25, -0.2) is 13.4 Å². The van der Waals surface area contributed by atoms with E-state index < -0.39 is 10.0 Å². The molecule has 0 atom stereocenters.